The van der Waals surface area contributed by atoms with Gasteiger partial charge in [0.1, 0.15) is 17.3 Å². The van der Waals surface area contributed by atoms with E-state index in [4.69, 9.17) is 4.74 Å². The number of nitrogens with zero attached hydrogens (tertiary/aromatic N) is 1. The maximum atomic E-state index is 12.9. The molecule has 1 heterocycles. The van der Waals surface area contributed by atoms with Crippen molar-refractivity contribution < 1.29 is 19.6 Å². The SMILES string of the molecule is O=C1CCCC2=C1C(c1ccc([N+](=O)[O-])cc1)c1c(ccc3ccc(O)cc13)O2. The summed E-state index contributed by atoms with van der Waals surface area (Å²) in [5.41, 5.74) is 2.22. The van der Waals surface area contributed by atoms with Crippen LogP contribution in [-0.2, 0) is 4.79 Å². The van der Waals surface area contributed by atoms with Gasteiger partial charge in [-0.25, -0.2) is 0 Å². The van der Waals surface area contributed by atoms with Crippen LogP contribution in [0.25, 0.3) is 10.8 Å². The van der Waals surface area contributed by atoms with E-state index in [1.165, 1.54) is 12.1 Å². The Balaban J connectivity index is 1.80. The number of non-ortho nitro benzene ring substituents is 1. The van der Waals surface area contributed by atoms with Crippen LogP contribution in [0.4, 0.5) is 5.69 Å². The Bertz CT molecular complexity index is 1210. The molecule has 6 heteroatoms. The largest absolute Gasteiger partial charge is 0.508 e. The van der Waals surface area contributed by atoms with Gasteiger partial charge in [-0.05, 0) is 41.0 Å². The fourth-order valence-electron chi connectivity index (χ4n) is 4.36. The average Bonchev–Trinajstić information content (AvgIpc) is 2.72. The van der Waals surface area contributed by atoms with Crippen LogP contribution < -0.4 is 4.74 Å². The summed E-state index contributed by atoms with van der Waals surface area (Å²) in [6, 6.07) is 15.3. The smallest absolute Gasteiger partial charge is 0.269 e. The second-order valence-electron chi connectivity index (χ2n) is 7.38. The minimum atomic E-state index is -0.439. The Labute approximate surface area is 166 Å². The number of rotatable bonds is 2. The zero-order chi connectivity index (χ0) is 20.1. The molecular formula is C23H17NO5. The summed E-state index contributed by atoms with van der Waals surface area (Å²) < 4.78 is 6.14. The molecule has 0 fully saturated rings. The Hall–Kier alpha value is -3.67. The number of aromatic hydroxyl groups is 1. The number of hydrogen-bond donors (Lipinski definition) is 1. The molecule has 1 unspecified atom stereocenters. The molecule has 1 atom stereocenters. The molecule has 0 spiro atoms. The van der Waals surface area contributed by atoms with Crippen LogP contribution in [-0.4, -0.2) is 15.8 Å². The minimum absolute atomic E-state index is 0.000714. The van der Waals surface area contributed by atoms with E-state index in [0.29, 0.717) is 29.9 Å². The fraction of sp³-hybridized carbons (Fsp3) is 0.174. The normalized spacial score (nSPS) is 18.2. The van der Waals surface area contributed by atoms with Crippen LogP contribution in [0.2, 0.25) is 0 Å². The lowest BCUT2D eigenvalue weighted by molar-refractivity contribution is -0.384. The second kappa shape index (κ2) is 6.44. The minimum Gasteiger partial charge on any atom is -0.508 e. The van der Waals surface area contributed by atoms with E-state index < -0.39 is 10.8 Å². The zero-order valence-electron chi connectivity index (χ0n) is 15.4. The standard InChI is InChI=1S/C23H17NO5/c25-16-10-6-13-7-11-20-22(17(13)12-16)21(14-4-8-15(9-5-14)24(27)28)23-18(26)2-1-3-19(23)29-20/h4-12,21,25H,1-3H2. The van der Waals surface area contributed by atoms with Crippen molar-refractivity contribution in [2.45, 2.75) is 25.2 Å². The maximum absolute atomic E-state index is 12.9. The van der Waals surface area contributed by atoms with E-state index in [0.717, 1.165) is 28.3 Å². The molecule has 1 aliphatic carbocycles. The Morgan fingerprint density at radius 2 is 1.79 bits per heavy atom. The lowest BCUT2D eigenvalue weighted by Gasteiger charge is -2.33. The van der Waals surface area contributed by atoms with Gasteiger partial charge in [0.05, 0.1) is 4.92 Å². The first-order chi connectivity index (χ1) is 14.0. The first-order valence-electron chi connectivity index (χ1n) is 9.47. The summed E-state index contributed by atoms with van der Waals surface area (Å²) >= 11 is 0. The van der Waals surface area contributed by atoms with E-state index in [9.17, 15) is 20.0 Å². The number of ketones is 1. The molecule has 3 aromatic carbocycles. The molecule has 144 valence electrons. The lowest BCUT2D eigenvalue weighted by Crippen LogP contribution is -2.25. The van der Waals surface area contributed by atoms with Crippen molar-refractivity contribution in [3.63, 3.8) is 0 Å². The third-order valence-corrected chi connectivity index (χ3v) is 5.66. The number of hydrogen-bond acceptors (Lipinski definition) is 5. The van der Waals surface area contributed by atoms with E-state index in [1.807, 2.05) is 18.2 Å². The summed E-state index contributed by atoms with van der Waals surface area (Å²) in [7, 11) is 0. The van der Waals surface area contributed by atoms with Crippen LogP contribution in [0.1, 0.15) is 36.3 Å². The van der Waals surface area contributed by atoms with E-state index in [1.54, 1.807) is 24.3 Å². The number of nitro benzene ring substituents is 1. The highest BCUT2D eigenvalue weighted by Crippen LogP contribution is 2.49. The van der Waals surface area contributed by atoms with Gasteiger partial charge in [0.25, 0.3) is 5.69 Å². The van der Waals surface area contributed by atoms with Gasteiger partial charge in [0, 0.05) is 42.0 Å². The summed E-state index contributed by atoms with van der Waals surface area (Å²) in [6.45, 7) is 0. The number of carbonyl (C=O) groups is 1. The number of benzene rings is 3. The quantitative estimate of drug-likeness (QED) is 0.494. The van der Waals surface area contributed by atoms with Crippen LogP contribution in [0.5, 0.6) is 11.5 Å². The van der Waals surface area contributed by atoms with Crippen LogP contribution in [0.3, 0.4) is 0 Å². The number of phenols is 1. The third kappa shape index (κ3) is 2.76. The Morgan fingerprint density at radius 1 is 1.03 bits per heavy atom. The summed E-state index contributed by atoms with van der Waals surface area (Å²) in [5, 5.41) is 22.9. The van der Waals surface area contributed by atoms with Crippen molar-refractivity contribution >= 4 is 22.2 Å². The first-order valence-corrected chi connectivity index (χ1v) is 9.47. The predicted molar refractivity (Wildman–Crippen MR) is 107 cm³/mol. The average molecular weight is 387 g/mol. The van der Waals surface area contributed by atoms with Gasteiger partial charge < -0.3 is 9.84 Å². The van der Waals surface area contributed by atoms with Gasteiger partial charge in [-0.1, -0.05) is 24.3 Å². The number of ether oxygens (including phenoxy) is 1. The van der Waals surface area contributed by atoms with Crippen LogP contribution >= 0.6 is 0 Å². The van der Waals surface area contributed by atoms with E-state index >= 15 is 0 Å². The Kier molecular flexibility index (Phi) is 3.87. The highest BCUT2D eigenvalue weighted by Gasteiger charge is 2.37. The van der Waals surface area contributed by atoms with E-state index in [2.05, 4.69) is 0 Å². The van der Waals surface area contributed by atoms with Crippen LogP contribution in [0, 0.1) is 10.1 Å². The summed E-state index contributed by atoms with van der Waals surface area (Å²) in [5.74, 6) is 1.10. The molecule has 0 bridgehead atoms. The van der Waals surface area contributed by atoms with Crippen molar-refractivity contribution in [1.29, 1.82) is 0 Å². The van der Waals surface area contributed by atoms with Gasteiger partial charge in [-0.2, -0.15) is 0 Å². The van der Waals surface area contributed by atoms with Crippen molar-refractivity contribution in [3.05, 3.63) is 87.2 Å². The molecular weight excluding hydrogens is 370 g/mol. The summed E-state index contributed by atoms with van der Waals surface area (Å²) in [4.78, 5) is 23.5. The molecule has 3 aromatic rings. The molecule has 5 rings (SSSR count). The van der Waals surface area contributed by atoms with Crippen molar-refractivity contribution in [1.82, 2.24) is 0 Å². The number of carbonyl (C=O) groups excluding carboxylic acids is 1. The molecule has 0 aromatic heterocycles. The van der Waals surface area contributed by atoms with Crippen molar-refractivity contribution in [2.75, 3.05) is 0 Å². The zero-order valence-corrected chi connectivity index (χ0v) is 15.4. The number of Topliss-reactive ketones (excluding diaryl/α,β-unsaturated/α-hetero) is 1. The summed E-state index contributed by atoms with van der Waals surface area (Å²) in [6.07, 6.45) is 1.88. The number of nitro groups is 1. The third-order valence-electron chi connectivity index (χ3n) is 5.66. The number of fused-ring (bicyclic) bond motifs is 3. The van der Waals surface area contributed by atoms with Gasteiger partial charge in [-0.15, -0.1) is 0 Å². The molecule has 0 radical (unpaired) electrons. The molecule has 0 saturated heterocycles. The molecule has 6 nitrogen and oxygen atoms in total. The highest BCUT2D eigenvalue weighted by molar-refractivity contribution is 6.02. The van der Waals surface area contributed by atoms with Gasteiger partial charge in [-0.3, -0.25) is 14.9 Å². The molecule has 0 saturated carbocycles. The molecule has 29 heavy (non-hydrogen) atoms. The molecule has 1 N–H and O–H groups in total. The van der Waals surface area contributed by atoms with Crippen molar-refractivity contribution in [2.24, 2.45) is 0 Å². The fourth-order valence-corrected chi connectivity index (χ4v) is 4.36. The monoisotopic (exact) mass is 387 g/mol. The number of phenolic OH excluding ortho intramolecular Hbond substituents is 1. The van der Waals surface area contributed by atoms with E-state index in [-0.39, 0.29) is 17.2 Å². The topological polar surface area (TPSA) is 89.7 Å². The highest BCUT2D eigenvalue weighted by atomic mass is 16.6. The second-order valence-corrected chi connectivity index (χ2v) is 7.38. The van der Waals surface area contributed by atoms with Gasteiger partial charge in [0.15, 0.2) is 5.78 Å². The maximum Gasteiger partial charge on any atom is 0.269 e. The van der Waals surface area contributed by atoms with Gasteiger partial charge in [0.2, 0.25) is 0 Å². The first kappa shape index (κ1) is 17.4. The molecule has 2 aliphatic rings. The predicted octanol–water partition coefficient (Wildman–Crippen LogP) is 4.99. The van der Waals surface area contributed by atoms with Crippen molar-refractivity contribution in [3.8, 4) is 11.5 Å². The van der Waals surface area contributed by atoms with Crippen LogP contribution in [0.15, 0.2) is 65.9 Å². The number of allylic oxidation sites excluding steroid dienone is 2. The lowest BCUT2D eigenvalue weighted by atomic mass is 9.75. The van der Waals surface area contributed by atoms with Gasteiger partial charge >= 0.3 is 0 Å². The molecule has 0 amide bonds. The Morgan fingerprint density at radius 3 is 2.55 bits per heavy atom. The molecule has 1 aliphatic heterocycles.